The molecule has 0 aliphatic heterocycles. The molecule has 1 aromatic heterocycles. The van der Waals surface area contributed by atoms with Gasteiger partial charge in [-0.25, -0.2) is 4.98 Å². The average molecular weight is 447 g/mol. The molecule has 0 bridgehead atoms. The number of ether oxygens (including phenoxy) is 2. The summed E-state index contributed by atoms with van der Waals surface area (Å²) >= 11 is 0. The maximum atomic E-state index is 12.4. The molecule has 9 heteroatoms. The van der Waals surface area contributed by atoms with Gasteiger partial charge in [-0.1, -0.05) is 24.3 Å². The molecule has 3 aromatic rings. The Bertz CT molecular complexity index is 1110. The molecule has 1 N–H and O–H groups in total. The number of aromatic nitrogens is 1. The van der Waals surface area contributed by atoms with Crippen LogP contribution in [0.25, 0.3) is 11.3 Å². The summed E-state index contributed by atoms with van der Waals surface area (Å²) in [4.78, 5) is 15.5. The van der Waals surface area contributed by atoms with Crippen LogP contribution in [0.15, 0.2) is 53.1 Å². The Morgan fingerprint density at radius 1 is 1.19 bits per heavy atom. The van der Waals surface area contributed by atoms with Gasteiger partial charge in [-0.05, 0) is 42.5 Å². The van der Waals surface area contributed by atoms with E-state index in [9.17, 15) is 18.0 Å². The van der Waals surface area contributed by atoms with Crippen LogP contribution in [0.4, 0.5) is 13.2 Å². The third kappa shape index (κ3) is 5.60. The molecular weight excluding hydrogens is 427 g/mol. The number of oxazole rings is 1. The lowest BCUT2D eigenvalue weighted by molar-refractivity contribution is -0.274. The molecule has 1 aliphatic carbocycles. The molecule has 0 atom stereocenters. The van der Waals surface area contributed by atoms with Crippen molar-refractivity contribution >= 4 is 5.97 Å². The van der Waals surface area contributed by atoms with Crippen molar-refractivity contribution in [2.45, 2.75) is 38.0 Å². The van der Waals surface area contributed by atoms with Crippen LogP contribution < -0.4 is 9.47 Å². The molecule has 0 amide bonds. The second kappa shape index (κ2) is 8.94. The average Bonchev–Trinajstić information content (AvgIpc) is 3.43. The first-order valence-electron chi connectivity index (χ1n) is 10.1. The fourth-order valence-corrected chi connectivity index (χ4v) is 3.53. The maximum absolute atomic E-state index is 12.4. The number of carboxylic acid groups (broad SMARTS) is 1. The van der Waals surface area contributed by atoms with Crippen molar-refractivity contribution in [3.05, 3.63) is 65.7 Å². The molecule has 0 radical (unpaired) electrons. The summed E-state index contributed by atoms with van der Waals surface area (Å²) < 4.78 is 52.6. The van der Waals surface area contributed by atoms with Crippen LogP contribution in [-0.4, -0.2) is 29.0 Å². The van der Waals surface area contributed by atoms with Crippen molar-refractivity contribution < 1.29 is 37.0 Å². The molecule has 0 saturated heterocycles. The summed E-state index contributed by atoms with van der Waals surface area (Å²) in [5, 5.41) is 9.15. The quantitative estimate of drug-likeness (QED) is 0.475. The highest BCUT2D eigenvalue weighted by Gasteiger charge is 2.31. The normalized spacial score (nSPS) is 13.7. The number of alkyl halides is 3. The third-order valence-electron chi connectivity index (χ3n) is 4.97. The predicted molar refractivity (Wildman–Crippen MR) is 108 cm³/mol. The number of carbonyl (C=O) groups is 1. The second-order valence-electron chi connectivity index (χ2n) is 7.47. The van der Waals surface area contributed by atoms with E-state index in [2.05, 4.69) is 9.72 Å². The first kappa shape index (κ1) is 21.7. The van der Waals surface area contributed by atoms with E-state index in [1.807, 2.05) is 12.1 Å². The molecular formula is C23H20F3NO5. The van der Waals surface area contributed by atoms with Gasteiger partial charge in [-0.3, -0.25) is 4.79 Å². The smallest absolute Gasteiger partial charge is 0.493 e. The molecule has 2 aromatic carbocycles. The number of hydrogen-bond acceptors (Lipinski definition) is 5. The second-order valence-corrected chi connectivity index (χ2v) is 7.47. The fourth-order valence-electron chi connectivity index (χ4n) is 3.53. The van der Waals surface area contributed by atoms with Crippen molar-refractivity contribution in [1.29, 1.82) is 0 Å². The maximum Gasteiger partial charge on any atom is 0.573 e. The van der Waals surface area contributed by atoms with Crippen LogP contribution >= 0.6 is 0 Å². The van der Waals surface area contributed by atoms with E-state index in [4.69, 9.17) is 14.3 Å². The van der Waals surface area contributed by atoms with Crippen LogP contribution in [0.3, 0.4) is 0 Å². The standard InChI is InChI=1S/C23H20F3NO5/c24-23(25,26)32-17-5-1-3-15(11-17)18-13-31-20(27-18)9-10-30-19-6-2-4-16(12-21(28)29)22(19)14-7-8-14/h1-6,11,13-14H,7-10,12H2,(H,28,29). The Labute approximate surface area is 181 Å². The van der Waals surface area contributed by atoms with Crippen molar-refractivity contribution in [2.75, 3.05) is 6.61 Å². The zero-order valence-corrected chi connectivity index (χ0v) is 16.9. The lowest BCUT2D eigenvalue weighted by Gasteiger charge is -2.14. The van der Waals surface area contributed by atoms with E-state index in [0.717, 1.165) is 24.0 Å². The van der Waals surface area contributed by atoms with Crippen LogP contribution in [0.2, 0.25) is 0 Å². The molecule has 1 aliphatic rings. The van der Waals surface area contributed by atoms with Gasteiger partial charge in [0.2, 0.25) is 0 Å². The highest BCUT2D eigenvalue weighted by Crippen LogP contribution is 2.46. The van der Waals surface area contributed by atoms with Gasteiger partial charge in [0.05, 0.1) is 19.4 Å². The van der Waals surface area contributed by atoms with Crippen LogP contribution in [0.5, 0.6) is 11.5 Å². The highest BCUT2D eigenvalue weighted by atomic mass is 19.4. The van der Waals surface area contributed by atoms with Gasteiger partial charge in [-0.2, -0.15) is 0 Å². The number of rotatable bonds is 9. The van der Waals surface area contributed by atoms with Gasteiger partial charge in [0.1, 0.15) is 23.5 Å². The fraction of sp³-hybridized carbons (Fsp3) is 0.304. The Kier molecular flexibility index (Phi) is 6.07. The molecule has 1 heterocycles. The lowest BCUT2D eigenvalue weighted by Crippen LogP contribution is -2.17. The van der Waals surface area contributed by atoms with E-state index in [1.54, 1.807) is 12.1 Å². The topological polar surface area (TPSA) is 81.8 Å². The minimum atomic E-state index is -4.77. The molecule has 1 saturated carbocycles. The van der Waals surface area contributed by atoms with E-state index in [1.165, 1.54) is 24.5 Å². The zero-order valence-electron chi connectivity index (χ0n) is 16.9. The number of halogens is 3. The minimum Gasteiger partial charge on any atom is -0.493 e. The number of benzene rings is 2. The van der Waals surface area contributed by atoms with Gasteiger partial charge in [0.15, 0.2) is 5.89 Å². The predicted octanol–water partition coefficient (Wildman–Crippen LogP) is 5.37. The molecule has 1 fully saturated rings. The van der Waals surface area contributed by atoms with Crippen LogP contribution in [0.1, 0.15) is 35.8 Å². The summed E-state index contributed by atoms with van der Waals surface area (Å²) in [6.45, 7) is 0.257. The Morgan fingerprint density at radius 3 is 2.69 bits per heavy atom. The van der Waals surface area contributed by atoms with Crippen molar-refractivity contribution in [3.8, 4) is 22.8 Å². The minimum absolute atomic E-state index is 0.0523. The molecule has 0 unspecified atom stereocenters. The van der Waals surface area contributed by atoms with Crippen LogP contribution in [0, 0.1) is 0 Å². The third-order valence-corrected chi connectivity index (χ3v) is 4.97. The van der Waals surface area contributed by atoms with E-state index < -0.39 is 12.3 Å². The van der Waals surface area contributed by atoms with Gasteiger partial charge >= 0.3 is 12.3 Å². The van der Waals surface area contributed by atoms with Crippen LogP contribution in [-0.2, 0) is 17.6 Å². The van der Waals surface area contributed by atoms with E-state index >= 15 is 0 Å². The summed E-state index contributed by atoms with van der Waals surface area (Å²) in [5.41, 5.74) is 2.52. The van der Waals surface area contributed by atoms with E-state index in [0.29, 0.717) is 35.2 Å². The number of aliphatic carboxylic acids is 1. The first-order chi connectivity index (χ1) is 15.3. The number of hydrogen-bond donors (Lipinski definition) is 1. The summed E-state index contributed by atoms with van der Waals surface area (Å²) in [6, 6.07) is 10.9. The summed E-state index contributed by atoms with van der Waals surface area (Å²) in [6.07, 6.45) is -1.10. The Morgan fingerprint density at radius 2 is 1.97 bits per heavy atom. The number of carboxylic acids is 1. The zero-order chi connectivity index (χ0) is 22.7. The SMILES string of the molecule is O=C(O)Cc1cccc(OCCc2nc(-c3cccc(OC(F)(F)F)c3)co2)c1C1CC1. The molecule has 4 rings (SSSR count). The highest BCUT2D eigenvalue weighted by molar-refractivity contribution is 5.71. The lowest BCUT2D eigenvalue weighted by atomic mass is 9.99. The first-order valence-corrected chi connectivity index (χ1v) is 10.1. The largest absolute Gasteiger partial charge is 0.573 e. The van der Waals surface area contributed by atoms with E-state index in [-0.39, 0.29) is 18.8 Å². The van der Waals surface area contributed by atoms with Gasteiger partial charge in [0, 0.05) is 11.1 Å². The summed E-state index contributed by atoms with van der Waals surface area (Å²) in [5.74, 6) is 0.129. The Hall–Kier alpha value is -3.49. The van der Waals surface area contributed by atoms with Gasteiger partial charge < -0.3 is 19.0 Å². The molecule has 6 nitrogen and oxygen atoms in total. The van der Waals surface area contributed by atoms with Gasteiger partial charge in [0.25, 0.3) is 0 Å². The van der Waals surface area contributed by atoms with Gasteiger partial charge in [-0.15, -0.1) is 13.2 Å². The van der Waals surface area contributed by atoms with Crippen molar-refractivity contribution in [2.24, 2.45) is 0 Å². The van der Waals surface area contributed by atoms with Crippen molar-refractivity contribution in [1.82, 2.24) is 4.98 Å². The molecule has 0 spiro atoms. The van der Waals surface area contributed by atoms with Crippen molar-refractivity contribution in [3.63, 3.8) is 0 Å². The Balaban J connectivity index is 1.41. The molecule has 168 valence electrons. The molecule has 32 heavy (non-hydrogen) atoms. The number of nitrogens with zero attached hydrogens (tertiary/aromatic N) is 1. The monoisotopic (exact) mass is 447 g/mol. The summed E-state index contributed by atoms with van der Waals surface area (Å²) in [7, 11) is 0.